The maximum absolute atomic E-state index is 11.0. The molecular weight excluding hydrogens is 236 g/mol. The summed E-state index contributed by atoms with van der Waals surface area (Å²) in [5.74, 6) is 0.672. The van der Waals surface area contributed by atoms with Gasteiger partial charge < -0.3 is 21.3 Å². The molecule has 2 aromatic heterocycles. The van der Waals surface area contributed by atoms with Gasteiger partial charge in [-0.05, 0) is 19.1 Å². The molecule has 8 heteroatoms. The zero-order chi connectivity index (χ0) is 13.1. The van der Waals surface area contributed by atoms with Crippen molar-refractivity contribution >= 4 is 17.4 Å². The van der Waals surface area contributed by atoms with Gasteiger partial charge in [-0.3, -0.25) is 4.79 Å². The van der Waals surface area contributed by atoms with E-state index in [4.69, 9.17) is 16.0 Å². The van der Waals surface area contributed by atoms with Crippen LogP contribution < -0.4 is 16.8 Å². The SMILES string of the molecule is Cc1noc(CNc2nc(C(N)=O)ccc2N)n1. The number of pyridine rings is 1. The molecular formula is C10H12N6O2. The number of carbonyl (C=O) groups is 1. The summed E-state index contributed by atoms with van der Waals surface area (Å²) in [7, 11) is 0. The van der Waals surface area contributed by atoms with Crippen molar-refractivity contribution in [3.05, 3.63) is 29.5 Å². The van der Waals surface area contributed by atoms with Crippen LogP contribution >= 0.6 is 0 Å². The van der Waals surface area contributed by atoms with Crippen molar-refractivity contribution in [2.24, 2.45) is 5.73 Å². The van der Waals surface area contributed by atoms with Crippen molar-refractivity contribution in [1.29, 1.82) is 0 Å². The topological polar surface area (TPSA) is 133 Å². The van der Waals surface area contributed by atoms with E-state index in [2.05, 4.69) is 20.4 Å². The van der Waals surface area contributed by atoms with Crippen molar-refractivity contribution < 1.29 is 9.32 Å². The Bertz CT molecular complexity index is 579. The minimum atomic E-state index is -0.619. The monoisotopic (exact) mass is 248 g/mol. The van der Waals surface area contributed by atoms with Crippen molar-refractivity contribution in [2.75, 3.05) is 11.1 Å². The number of anilines is 2. The van der Waals surface area contributed by atoms with Gasteiger partial charge in [0.05, 0.1) is 12.2 Å². The molecule has 0 aliphatic heterocycles. The fourth-order valence-corrected chi connectivity index (χ4v) is 1.32. The first-order valence-corrected chi connectivity index (χ1v) is 5.15. The minimum Gasteiger partial charge on any atom is -0.396 e. The highest BCUT2D eigenvalue weighted by Gasteiger charge is 2.08. The predicted molar refractivity (Wildman–Crippen MR) is 63.5 cm³/mol. The standard InChI is InChI=1S/C10H12N6O2/c1-5-14-8(18-16-5)4-13-10-6(11)2-3-7(15-10)9(12)17/h2-3H,4,11H2,1H3,(H2,12,17)(H,13,15). The van der Waals surface area contributed by atoms with Crippen LogP contribution in [0.4, 0.5) is 11.5 Å². The summed E-state index contributed by atoms with van der Waals surface area (Å²) < 4.78 is 4.92. The van der Waals surface area contributed by atoms with Crippen LogP contribution in [0.15, 0.2) is 16.7 Å². The number of nitrogen functional groups attached to an aromatic ring is 1. The molecule has 0 aromatic carbocycles. The number of nitrogens with one attached hydrogen (secondary N) is 1. The quantitative estimate of drug-likeness (QED) is 0.696. The van der Waals surface area contributed by atoms with E-state index in [0.29, 0.717) is 23.2 Å². The summed E-state index contributed by atoms with van der Waals surface area (Å²) >= 11 is 0. The normalized spacial score (nSPS) is 10.3. The van der Waals surface area contributed by atoms with Gasteiger partial charge in [0, 0.05) is 0 Å². The number of carbonyl (C=O) groups excluding carboxylic acids is 1. The first-order chi connectivity index (χ1) is 8.56. The second kappa shape index (κ2) is 4.70. The van der Waals surface area contributed by atoms with E-state index in [1.807, 2.05) is 0 Å². The third kappa shape index (κ3) is 2.54. The molecule has 2 rings (SSSR count). The molecule has 0 aliphatic rings. The number of amides is 1. The first kappa shape index (κ1) is 11.8. The highest BCUT2D eigenvalue weighted by molar-refractivity contribution is 5.91. The lowest BCUT2D eigenvalue weighted by Gasteiger charge is -2.06. The third-order valence-electron chi connectivity index (χ3n) is 2.16. The van der Waals surface area contributed by atoms with E-state index in [-0.39, 0.29) is 12.2 Å². The number of rotatable bonds is 4. The van der Waals surface area contributed by atoms with Gasteiger partial charge in [-0.2, -0.15) is 4.98 Å². The number of aryl methyl sites for hydroxylation is 1. The molecule has 0 saturated carbocycles. The van der Waals surface area contributed by atoms with Gasteiger partial charge in [0.1, 0.15) is 5.69 Å². The number of aromatic nitrogens is 3. The molecule has 8 nitrogen and oxygen atoms in total. The lowest BCUT2D eigenvalue weighted by atomic mass is 10.3. The number of hydrogen-bond acceptors (Lipinski definition) is 7. The van der Waals surface area contributed by atoms with Gasteiger partial charge in [0.15, 0.2) is 11.6 Å². The van der Waals surface area contributed by atoms with E-state index >= 15 is 0 Å². The summed E-state index contributed by atoms with van der Waals surface area (Å²) in [6.45, 7) is 1.98. The molecule has 18 heavy (non-hydrogen) atoms. The van der Waals surface area contributed by atoms with Crippen LogP contribution in [0.3, 0.4) is 0 Å². The second-order valence-electron chi connectivity index (χ2n) is 3.59. The Labute approximate surface area is 102 Å². The van der Waals surface area contributed by atoms with Gasteiger partial charge in [0.25, 0.3) is 5.91 Å². The Balaban J connectivity index is 2.13. The van der Waals surface area contributed by atoms with Crippen molar-refractivity contribution in [1.82, 2.24) is 15.1 Å². The van der Waals surface area contributed by atoms with Gasteiger partial charge >= 0.3 is 0 Å². The third-order valence-corrected chi connectivity index (χ3v) is 2.16. The lowest BCUT2D eigenvalue weighted by Crippen LogP contribution is -2.15. The van der Waals surface area contributed by atoms with E-state index < -0.39 is 5.91 Å². The molecule has 2 heterocycles. The fourth-order valence-electron chi connectivity index (χ4n) is 1.32. The highest BCUT2D eigenvalue weighted by Crippen LogP contribution is 2.16. The molecule has 94 valence electrons. The average molecular weight is 248 g/mol. The molecule has 0 aliphatic carbocycles. The number of nitrogens with zero attached hydrogens (tertiary/aromatic N) is 3. The molecule has 0 bridgehead atoms. The maximum Gasteiger partial charge on any atom is 0.267 e. The van der Waals surface area contributed by atoms with Crippen LogP contribution in [0, 0.1) is 6.92 Å². The van der Waals surface area contributed by atoms with Crippen LogP contribution in [0.5, 0.6) is 0 Å². The van der Waals surface area contributed by atoms with Crippen LogP contribution in [0.25, 0.3) is 0 Å². The van der Waals surface area contributed by atoms with Gasteiger partial charge in [-0.15, -0.1) is 0 Å². The molecule has 1 amide bonds. The molecule has 2 aromatic rings. The highest BCUT2D eigenvalue weighted by atomic mass is 16.5. The fraction of sp³-hybridized carbons (Fsp3) is 0.200. The van der Waals surface area contributed by atoms with Crippen molar-refractivity contribution in [2.45, 2.75) is 13.5 Å². The van der Waals surface area contributed by atoms with Crippen molar-refractivity contribution in [3.63, 3.8) is 0 Å². The smallest absolute Gasteiger partial charge is 0.267 e. The Morgan fingerprint density at radius 1 is 1.44 bits per heavy atom. The van der Waals surface area contributed by atoms with Crippen molar-refractivity contribution in [3.8, 4) is 0 Å². The molecule has 0 radical (unpaired) electrons. The summed E-state index contributed by atoms with van der Waals surface area (Å²) in [6, 6.07) is 3.01. The van der Waals surface area contributed by atoms with Crippen LogP contribution in [-0.4, -0.2) is 21.0 Å². The summed E-state index contributed by atoms with van der Waals surface area (Å²) in [6.07, 6.45) is 0. The number of nitrogens with two attached hydrogens (primary N) is 2. The van der Waals surface area contributed by atoms with Gasteiger partial charge in [-0.1, -0.05) is 5.16 Å². The van der Waals surface area contributed by atoms with E-state index in [1.54, 1.807) is 13.0 Å². The minimum absolute atomic E-state index is 0.133. The van der Waals surface area contributed by atoms with Crippen LogP contribution in [0.2, 0.25) is 0 Å². The zero-order valence-electron chi connectivity index (χ0n) is 9.67. The first-order valence-electron chi connectivity index (χ1n) is 5.15. The maximum atomic E-state index is 11.0. The number of hydrogen-bond donors (Lipinski definition) is 3. The molecule has 0 spiro atoms. The molecule has 0 atom stereocenters. The van der Waals surface area contributed by atoms with E-state index in [9.17, 15) is 4.79 Å². The Hall–Kier alpha value is -2.64. The Kier molecular flexibility index (Phi) is 3.09. The molecule has 5 N–H and O–H groups in total. The zero-order valence-corrected chi connectivity index (χ0v) is 9.67. The second-order valence-corrected chi connectivity index (χ2v) is 3.59. The average Bonchev–Trinajstić information content (AvgIpc) is 2.74. The summed E-state index contributed by atoms with van der Waals surface area (Å²) in [5.41, 5.74) is 11.4. The van der Waals surface area contributed by atoms with Crippen LogP contribution in [-0.2, 0) is 6.54 Å². The summed E-state index contributed by atoms with van der Waals surface area (Å²) in [5, 5.41) is 6.54. The molecule has 0 fully saturated rings. The Morgan fingerprint density at radius 2 is 2.22 bits per heavy atom. The summed E-state index contributed by atoms with van der Waals surface area (Å²) in [4.78, 5) is 19.0. The Morgan fingerprint density at radius 3 is 2.83 bits per heavy atom. The molecule has 0 unspecified atom stereocenters. The van der Waals surface area contributed by atoms with Gasteiger partial charge in [0.2, 0.25) is 5.89 Å². The van der Waals surface area contributed by atoms with E-state index in [1.165, 1.54) is 6.07 Å². The number of primary amides is 1. The lowest BCUT2D eigenvalue weighted by molar-refractivity contribution is 0.0996. The van der Waals surface area contributed by atoms with Crippen LogP contribution in [0.1, 0.15) is 22.2 Å². The van der Waals surface area contributed by atoms with E-state index in [0.717, 1.165) is 0 Å². The molecule has 0 saturated heterocycles. The van der Waals surface area contributed by atoms with Gasteiger partial charge in [-0.25, -0.2) is 4.98 Å². The predicted octanol–water partition coefficient (Wildman–Crippen LogP) is 0.0662. The largest absolute Gasteiger partial charge is 0.396 e.